The molecule has 6 heteroatoms. The Balaban J connectivity index is 1.83. The van der Waals surface area contributed by atoms with E-state index < -0.39 is 0 Å². The molecule has 2 heterocycles. The molecule has 1 aromatic heterocycles. The summed E-state index contributed by atoms with van der Waals surface area (Å²) in [4.78, 5) is 25.8. The minimum atomic E-state index is -0.141. The number of benzene rings is 1. The number of hydrogen-bond donors (Lipinski definition) is 1. The Morgan fingerprint density at radius 2 is 1.95 bits per heavy atom. The Bertz CT molecular complexity index is 703. The molecule has 6 nitrogen and oxygen atoms in total. The third-order valence-electron chi connectivity index (χ3n) is 3.90. The van der Waals surface area contributed by atoms with E-state index >= 15 is 0 Å². The zero-order valence-electron chi connectivity index (χ0n) is 12.5. The van der Waals surface area contributed by atoms with Crippen LogP contribution in [0, 0.1) is 12.8 Å². The van der Waals surface area contributed by atoms with Crippen molar-refractivity contribution >= 4 is 11.8 Å². The quantitative estimate of drug-likeness (QED) is 0.931. The molecule has 1 aliphatic rings. The summed E-state index contributed by atoms with van der Waals surface area (Å²) in [5, 5.41) is 6.53. The number of aromatic nitrogens is 1. The first-order valence-electron chi connectivity index (χ1n) is 7.14. The van der Waals surface area contributed by atoms with Gasteiger partial charge in [-0.15, -0.1) is 0 Å². The SMILES string of the molecule is CNC(=O)C1CN(C(=O)c2c(C)noc2-c2ccccc2)C1. The first kappa shape index (κ1) is 14.3. The summed E-state index contributed by atoms with van der Waals surface area (Å²) in [6, 6.07) is 9.41. The highest BCUT2D eigenvalue weighted by Gasteiger charge is 2.37. The van der Waals surface area contributed by atoms with Gasteiger partial charge in [0.15, 0.2) is 5.76 Å². The Hall–Kier alpha value is -2.63. The number of hydrogen-bond acceptors (Lipinski definition) is 4. The molecular weight excluding hydrogens is 282 g/mol. The summed E-state index contributed by atoms with van der Waals surface area (Å²) in [7, 11) is 1.60. The second kappa shape index (κ2) is 5.63. The van der Waals surface area contributed by atoms with Crippen molar-refractivity contribution in [2.75, 3.05) is 20.1 Å². The summed E-state index contributed by atoms with van der Waals surface area (Å²) in [5.41, 5.74) is 1.85. The van der Waals surface area contributed by atoms with Crippen LogP contribution in [-0.2, 0) is 4.79 Å². The Morgan fingerprint density at radius 1 is 1.27 bits per heavy atom. The highest BCUT2D eigenvalue weighted by molar-refractivity contribution is 6.01. The number of nitrogens with one attached hydrogen (secondary N) is 1. The van der Waals surface area contributed by atoms with Gasteiger partial charge in [0.1, 0.15) is 5.56 Å². The molecule has 1 aromatic carbocycles. The van der Waals surface area contributed by atoms with E-state index in [1.807, 2.05) is 30.3 Å². The number of amides is 2. The number of likely N-dealkylation sites (tertiary alicyclic amines) is 1. The van der Waals surface area contributed by atoms with Crippen molar-refractivity contribution in [2.24, 2.45) is 5.92 Å². The molecular formula is C16H17N3O3. The van der Waals surface area contributed by atoms with Crippen LogP contribution in [0.5, 0.6) is 0 Å². The van der Waals surface area contributed by atoms with Gasteiger partial charge in [-0.25, -0.2) is 0 Å². The third-order valence-corrected chi connectivity index (χ3v) is 3.90. The van der Waals surface area contributed by atoms with Crippen LogP contribution >= 0.6 is 0 Å². The summed E-state index contributed by atoms with van der Waals surface area (Å²) in [5.74, 6) is 0.174. The molecule has 0 spiro atoms. The average Bonchev–Trinajstić information content (AvgIpc) is 2.88. The molecule has 2 aromatic rings. The van der Waals surface area contributed by atoms with Crippen LogP contribution in [0.3, 0.4) is 0 Å². The predicted molar refractivity (Wildman–Crippen MR) is 80.1 cm³/mol. The van der Waals surface area contributed by atoms with Crippen molar-refractivity contribution in [3.63, 3.8) is 0 Å². The van der Waals surface area contributed by atoms with Gasteiger partial charge in [0.25, 0.3) is 5.91 Å². The molecule has 1 N–H and O–H groups in total. The van der Waals surface area contributed by atoms with E-state index in [1.54, 1.807) is 18.9 Å². The maximum absolute atomic E-state index is 12.7. The first-order chi connectivity index (χ1) is 10.6. The van der Waals surface area contributed by atoms with Gasteiger partial charge in [0, 0.05) is 25.7 Å². The van der Waals surface area contributed by atoms with Crippen molar-refractivity contribution in [1.29, 1.82) is 0 Å². The van der Waals surface area contributed by atoms with Crippen molar-refractivity contribution in [3.8, 4) is 11.3 Å². The molecule has 0 saturated carbocycles. The van der Waals surface area contributed by atoms with Gasteiger partial charge in [-0.1, -0.05) is 35.5 Å². The van der Waals surface area contributed by atoms with E-state index in [2.05, 4.69) is 10.5 Å². The van der Waals surface area contributed by atoms with Gasteiger partial charge in [0.05, 0.1) is 11.6 Å². The molecule has 0 bridgehead atoms. The van der Waals surface area contributed by atoms with Crippen LogP contribution in [0.15, 0.2) is 34.9 Å². The topological polar surface area (TPSA) is 75.4 Å². The van der Waals surface area contributed by atoms with Crippen molar-refractivity contribution < 1.29 is 14.1 Å². The van der Waals surface area contributed by atoms with Crippen LogP contribution in [0.1, 0.15) is 16.1 Å². The van der Waals surface area contributed by atoms with Crippen molar-refractivity contribution in [3.05, 3.63) is 41.6 Å². The normalized spacial score (nSPS) is 14.5. The fourth-order valence-corrected chi connectivity index (χ4v) is 2.58. The molecule has 0 aliphatic carbocycles. The lowest BCUT2D eigenvalue weighted by Crippen LogP contribution is -2.55. The number of nitrogens with zero attached hydrogens (tertiary/aromatic N) is 2. The lowest BCUT2D eigenvalue weighted by Gasteiger charge is -2.37. The maximum Gasteiger partial charge on any atom is 0.259 e. The van der Waals surface area contributed by atoms with Gasteiger partial charge in [-0.2, -0.15) is 0 Å². The van der Waals surface area contributed by atoms with Crippen LogP contribution in [0.2, 0.25) is 0 Å². The van der Waals surface area contributed by atoms with Gasteiger partial charge < -0.3 is 14.7 Å². The molecule has 0 radical (unpaired) electrons. The zero-order valence-corrected chi connectivity index (χ0v) is 12.5. The summed E-state index contributed by atoms with van der Waals surface area (Å²) < 4.78 is 5.34. The molecule has 2 amide bonds. The summed E-state index contributed by atoms with van der Waals surface area (Å²) in [6.07, 6.45) is 0. The van der Waals surface area contributed by atoms with E-state index in [1.165, 1.54) is 0 Å². The molecule has 0 atom stereocenters. The monoisotopic (exact) mass is 299 g/mol. The maximum atomic E-state index is 12.7. The second-order valence-electron chi connectivity index (χ2n) is 5.36. The fourth-order valence-electron chi connectivity index (χ4n) is 2.58. The Kier molecular flexibility index (Phi) is 3.66. The standard InChI is InChI=1S/C16H17N3O3/c1-10-13(14(22-18-10)11-6-4-3-5-7-11)16(21)19-8-12(9-19)15(20)17-2/h3-7,12H,8-9H2,1-2H3,(H,17,20). The summed E-state index contributed by atoms with van der Waals surface area (Å²) in [6.45, 7) is 2.61. The molecule has 0 unspecified atom stereocenters. The zero-order chi connectivity index (χ0) is 15.7. The predicted octanol–water partition coefficient (Wildman–Crippen LogP) is 1.47. The minimum Gasteiger partial charge on any atom is -0.359 e. The smallest absolute Gasteiger partial charge is 0.259 e. The number of rotatable bonds is 3. The van der Waals surface area contributed by atoms with E-state index in [4.69, 9.17) is 4.52 Å². The van der Waals surface area contributed by atoms with Gasteiger partial charge in [-0.3, -0.25) is 9.59 Å². The van der Waals surface area contributed by atoms with E-state index in [0.717, 1.165) is 5.56 Å². The minimum absolute atomic E-state index is 0.0330. The highest BCUT2D eigenvalue weighted by atomic mass is 16.5. The van der Waals surface area contributed by atoms with E-state index in [0.29, 0.717) is 30.1 Å². The molecule has 22 heavy (non-hydrogen) atoms. The summed E-state index contributed by atoms with van der Waals surface area (Å²) >= 11 is 0. The lowest BCUT2D eigenvalue weighted by molar-refractivity contribution is -0.128. The number of carbonyl (C=O) groups excluding carboxylic acids is 2. The number of aryl methyl sites for hydroxylation is 1. The average molecular weight is 299 g/mol. The Labute approximate surface area is 128 Å². The molecule has 1 fully saturated rings. The van der Waals surface area contributed by atoms with E-state index in [-0.39, 0.29) is 17.7 Å². The van der Waals surface area contributed by atoms with Crippen molar-refractivity contribution in [1.82, 2.24) is 15.4 Å². The van der Waals surface area contributed by atoms with Crippen LogP contribution in [0.4, 0.5) is 0 Å². The van der Waals surface area contributed by atoms with Crippen LogP contribution in [-0.4, -0.2) is 42.0 Å². The second-order valence-corrected chi connectivity index (χ2v) is 5.36. The van der Waals surface area contributed by atoms with Gasteiger partial charge in [0.2, 0.25) is 5.91 Å². The molecule has 114 valence electrons. The Morgan fingerprint density at radius 3 is 2.59 bits per heavy atom. The lowest BCUT2D eigenvalue weighted by atomic mass is 9.97. The third kappa shape index (κ3) is 2.36. The van der Waals surface area contributed by atoms with Crippen LogP contribution in [0.25, 0.3) is 11.3 Å². The molecule has 3 rings (SSSR count). The number of carbonyl (C=O) groups is 2. The van der Waals surface area contributed by atoms with E-state index in [9.17, 15) is 9.59 Å². The van der Waals surface area contributed by atoms with Gasteiger partial charge >= 0.3 is 0 Å². The molecule has 1 saturated heterocycles. The van der Waals surface area contributed by atoms with Crippen LogP contribution < -0.4 is 5.32 Å². The molecule has 1 aliphatic heterocycles. The highest BCUT2D eigenvalue weighted by Crippen LogP contribution is 2.29. The fraction of sp³-hybridized carbons (Fsp3) is 0.312. The van der Waals surface area contributed by atoms with Gasteiger partial charge in [-0.05, 0) is 6.92 Å². The van der Waals surface area contributed by atoms with Crippen molar-refractivity contribution in [2.45, 2.75) is 6.92 Å². The first-order valence-corrected chi connectivity index (χ1v) is 7.14. The largest absolute Gasteiger partial charge is 0.359 e.